The summed E-state index contributed by atoms with van der Waals surface area (Å²) >= 11 is 0. The van der Waals surface area contributed by atoms with Crippen molar-refractivity contribution in [3.63, 3.8) is 0 Å². The van der Waals surface area contributed by atoms with Crippen molar-refractivity contribution in [3.05, 3.63) is 42.1 Å². The van der Waals surface area contributed by atoms with Gasteiger partial charge in [-0.3, -0.25) is 9.78 Å². The number of hydrogen-bond acceptors (Lipinski definition) is 4. The van der Waals surface area contributed by atoms with E-state index in [-0.39, 0.29) is 23.7 Å². The van der Waals surface area contributed by atoms with Gasteiger partial charge in [-0.1, -0.05) is 25.5 Å². The maximum atomic E-state index is 12.6. The summed E-state index contributed by atoms with van der Waals surface area (Å²) in [7, 11) is 1.63. The zero-order valence-electron chi connectivity index (χ0n) is 17.7. The predicted molar refractivity (Wildman–Crippen MR) is 114 cm³/mol. The number of rotatable bonds is 5. The normalized spacial score (nSPS) is 32.0. The van der Waals surface area contributed by atoms with Gasteiger partial charge in [-0.2, -0.15) is 0 Å². The summed E-state index contributed by atoms with van der Waals surface area (Å²) in [6, 6.07) is 10.4. The number of hydrogen-bond donors (Lipinski definition) is 1. The van der Waals surface area contributed by atoms with Crippen LogP contribution in [0.5, 0.6) is 0 Å². The Balaban J connectivity index is 1.61. The van der Waals surface area contributed by atoms with Gasteiger partial charge in [-0.05, 0) is 49.4 Å². The molecule has 4 rings (SSSR count). The third-order valence-electron chi connectivity index (χ3n) is 6.78. The highest BCUT2D eigenvalue weighted by Gasteiger charge is 2.49. The van der Waals surface area contributed by atoms with Gasteiger partial charge in [0.2, 0.25) is 5.91 Å². The minimum absolute atomic E-state index is 0.0288. The highest BCUT2D eigenvalue weighted by atomic mass is 16.5. The zero-order valence-corrected chi connectivity index (χ0v) is 17.7. The van der Waals surface area contributed by atoms with Crippen molar-refractivity contribution >= 4 is 16.8 Å². The summed E-state index contributed by atoms with van der Waals surface area (Å²) in [4.78, 5) is 17.0. The molecule has 1 amide bonds. The van der Waals surface area contributed by atoms with Crippen molar-refractivity contribution in [1.29, 1.82) is 0 Å². The molecule has 2 heterocycles. The van der Waals surface area contributed by atoms with Crippen LogP contribution in [0.15, 0.2) is 36.5 Å². The van der Waals surface area contributed by atoms with Crippen LogP contribution in [0.1, 0.15) is 57.6 Å². The molecule has 5 heteroatoms. The van der Waals surface area contributed by atoms with Gasteiger partial charge in [0.15, 0.2) is 0 Å². The Morgan fingerprint density at radius 3 is 3.03 bits per heavy atom. The fourth-order valence-corrected chi connectivity index (χ4v) is 5.21. The second kappa shape index (κ2) is 8.41. The van der Waals surface area contributed by atoms with Crippen LogP contribution in [0.25, 0.3) is 10.9 Å². The van der Waals surface area contributed by atoms with Crippen molar-refractivity contribution < 1.29 is 14.3 Å². The number of benzene rings is 1. The van der Waals surface area contributed by atoms with Crippen molar-refractivity contribution in [2.45, 2.75) is 63.7 Å². The molecular formula is C24H32N2O3. The fourth-order valence-electron chi connectivity index (χ4n) is 5.21. The Hall–Kier alpha value is -1.98. The number of carbonyl (C=O) groups is 1. The SMILES string of the molecule is COCCC(=O)N[C@@]1(C)C[C@H](c2ccc3ncccc3c2)O[C@@H]2C[C@H](C)CC[C@H]21. The van der Waals surface area contributed by atoms with Gasteiger partial charge in [-0.25, -0.2) is 0 Å². The zero-order chi connectivity index (χ0) is 20.4. The molecular weight excluding hydrogens is 364 g/mol. The summed E-state index contributed by atoms with van der Waals surface area (Å²) in [5.74, 6) is 1.07. The molecule has 5 nitrogen and oxygen atoms in total. The molecule has 2 aliphatic rings. The lowest BCUT2D eigenvalue weighted by molar-refractivity contribution is -0.154. The number of carbonyl (C=O) groups excluding carboxylic acids is 1. The van der Waals surface area contributed by atoms with Gasteiger partial charge >= 0.3 is 0 Å². The molecule has 1 aliphatic heterocycles. The number of methoxy groups -OCH3 is 1. The number of aromatic nitrogens is 1. The maximum Gasteiger partial charge on any atom is 0.222 e. The van der Waals surface area contributed by atoms with Crippen LogP contribution in [-0.2, 0) is 14.3 Å². The average molecular weight is 397 g/mol. The summed E-state index contributed by atoms with van der Waals surface area (Å²) in [6.07, 6.45) is 6.50. The second-order valence-corrected chi connectivity index (χ2v) is 9.06. The smallest absolute Gasteiger partial charge is 0.222 e. The van der Waals surface area contributed by atoms with E-state index >= 15 is 0 Å². The molecule has 29 heavy (non-hydrogen) atoms. The Morgan fingerprint density at radius 2 is 2.21 bits per heavy atom. The highest BCUT2D eigenvalue weighted by Crippen LogP contribution is 2.48. The number of pyridine rings is 1. The van der Waals surface area contributed by atoms with Gasteiger partial charge in [0, 0.05) is 43.0 Å². The second-order valence-electron chi connectivity index (χ2n) is 9.06. The van der Waals surface area contributed by atoms with Crippen LogP contribution < -0.4 is 5.32 Å². The predicted octanol–water partition coefficient (Wildman–Crippen LogP) is 4.41. The van der Waals surface area contributed by atoms with E-state index in [1.54, 1.807) is 7.11 Å². The molecule has 0 unspecified atom stereocenters. The van der Waals surface area contributed by atoms with Gasteiger partial charge < -0.3 is 14.8 Å². The molecule has 1 aromatic carbocycles. The first-order chi connectivity index (χ1) is 14.0. The Bertz CT molecular complexity index is 870. The lowest BCUT2D eigenvalue weighted by atomic mass is 9.66. The third kappa shape index (κ3) is 4.31. The molecule has 1 saturated heterocycles. The quantitative estimate of drug-likeness (QED) is 0.813. The van der Waals surface area contributed by atoms with Crippen molar-refractivity contribution in [2.75, 3.05) is 13.7 Å². The Labute approximate surface area is 173 Å². The van der Waals surface area contributed by atoms with E-state index in [1.807, 2.05) is 12.3 Å². The average Bonchev–Trinajstić information content (AvgIpc) is 2.71. The summed E-state index contributed by atoms with van der Waals surface area (Å²) in [5.41, 5.74) is 1.88. The molecule has 2 fully saturated rings. The first kappa shape index (κ1) is 20.3. The fraction of sp³-hybridized carbons (Fsp3) is 0.583. The molecule has 1 N–H and O–H groups in total. The standard InChI is InChI=1S/C24H32N2O3/c1-16-6-8-19-21(13-16)29-22(15-24(19,2)26-23(27)10-12-28-3)18-7-9-20-17(14-18)5-4-11-25-20/h4-5,7,9,11,14,16,19,21-22H,6,8,10,12-13,15H2,1-3H3,(H,26,27)/t16-,19-,21-,22-,24+/m1/s1. The van der Waals surface area contributed by atoms with Crippen LogP contribution in [0.3, 0.4) is 0 Å². The van der Waals surface area contributed by atoms with Gasteiger partial charge in [-0.15, -0.1) is 0 Å². The molecule has 156 valence electrons. The van der Waals surface area contributed by atoms with Crippen LogP contribution in [0, 0.1) is 11.8 Å². The lowest BCUT2D eigenvalue weighted by Crippen LogP contribution is -2.60. The first-order valence-electron chi connectivity index (χ1n) is 10.8. The lowest BCUT2D eigenvalue weighted by Gasteiger charge is -2.52. The van der Waals surface area contributed by atoms with Gasteiger partial charge in [0.1, 0.15) is 0 Å². The molecule has 1 saturated carbocycles. The van der Waals surface area contributed by atoms with E-state index in [9.17, 15) is 4.79 Å². The topological polar surface area (TPSA) is 60.5 Å². The van der Waals surface area contributed by atoms with Crippen LogP contribution in [-0.4, -0.2) is 36.3 Å². The summed E-state index contributed by atoms with van der Waals surface area (Å²) in [5, 5.41) is 4.49. The molecule has 0 spiro atoms. The molecule has 0 bridgehead atoms. The molecule has 1 aromatic heterocycles. The first-order valence-corrected chi connectivity index (χ1v) is 10.8. The summed E-state index contributed by atoms with van der Waals surface area (Å²) < 4.78 is 11.8. The van der Waals surface area contributed by atoms with E-state index < -0.39 is 0 Å². The number of nitrogens with zero attached hydrogens (tertiary/aromatic N) is 1. The molecule has 1 aliphatic carbocycles. The number of ether oxygens (including phenoxy) is 2. The van der Waals surface area contributed by atoms with E-state index in [0.717, 1.165) is 30.2 Å². The minimum Gasteiger partial charge on any atom is -0.384 e. The van der Waals surface area contributed by atoms with Crippen molar-refractivity contribution in [3.8, 4) is 0 Å². The van der Waals surface area contributed by atoms with Crippen LogP contribution in [0.2, 0.25) is 0 Å². The Morgan fingerprint density at radius 1 is 1.34 bits per heavy atom. The molecule has 0 radical (unpaired) electrons. The minimum atomic E-state index is -0.275. The van der Waals surface area contributed by atoms with E-state index in [0.29, 0.717) is 24.9 Å². The number of amides is 1. The molecule has 2 aromatic rings. The van der Waals surface area contributed by atoms with Gasteiger partial charge in [0.05, 0.1) is 24.3 Å². The number of nitrogens with one attached hydrogen (secondary N) is 1. The monoisotopic (exact) mass is 396 g/mol. The largest absolute Gasteiger partial charge is 0.384 e. The Kier molecular flexibility index (Phi) is 5.88. The van der Waals surface area contributed by atoms with Crippen LogP contribution in [0.4, 0.5) is 0 Å². The summed E-state index contributed by atoms with van der Waals surface area (Å²) in [6.45, 7) is 4.97. The molecule has 5 atom stereocenters. The van der Waals surface area contributed by atoms with E-state index in [1.165, 1.54) is 12.0 Å². The van der Waals surface area contributed by atoms with E-state index in [2.05, 4.69) is 48.4 Å². The van der Waals surface area contributed by atoms with Crippen molar-refractivity contribution in [2.24, 2.45) is 11.8 Å². The number of fused-ring (bicyclic) bond motifs is 2. The van der Waals surface area contributed by atoms with Crippen LogP contribution >= 0.6 is 0 Å². The van der Waals surface area contributed by atoms with Gasteiger partial charge in [0.25, 0.3) is 0 Å². The highest BCUT2D eigenvalue weighted by molar-refractivity contribution is 5.79. The third-order valence-corrected chi connectivity index (χ3v) is 6.78. The van der Waals surface area contributed by atoms with E-state index in [4.69, 9.17) is 9.47 Å². The van der Waals surface area contributed by atoms with Crippen molar-refractivity contribution in [1.82, 2.24) is 10.3 Å². The maximum absolute atomic E-state index is 12.6.